The molecule has 0 unspecified atom stereocenters. The zero-order valence-electron chi connectivity index (χ0n) is 11.6. The molecule has 1 heterocycles. The van der Waals surface area contributed by atoms with Crippen LogP contribution in [0.5, 0.6) is 0 Å². The van der Waals surface area contributed by atoms with E-state index in [1.807, 2.05) is 31.2 Å². The smallest absolute Gasteiger partial charge is 0.178 e. The molecule has 0 bridgehead atoms. The van der Waals surface area contributed by atoms with E-state index in [4.69, 9.17) is 0 Å². The molecule has 0 fully saturated rings. The van der Waals surface area contributed by atoms with Crippen LogP contribution in [0.1, 0.15) is 18.1 Å². The Hall–Kier alpha value is -1.88. The van der Waals surface area contributed by atoms with Crippen molar-refractivity contribution in [2.75, 3.05) is 11.1 Å². The highest BCUT2D eigenvalue weighted by Gasteiger charge is 2.10. The summed E-state index contributed by atoms with van der Waals surface area (Å²) in [5.41, 5.74) is 2.16. The molecule has 0 spiro atoms. The fraction of sp³-hybridized carbons (Fsp3) is 0.267. The minimum absolute atomic E-state index is 0.123. The summed E-state index contributed by atoms with van der Waals surface area (Å²) in [4.78, 5) is 4.59. The molecule has 4 nitrogen and oxygen atoms in total. The van der Waals surface area contributed by atoms with Crippen molar-refractivity contribution in [3.8, 4) is 0 Å². The van der Waals surface area contributed by atoms with Gasteiger partial charge < -0.3 is 5.32 Å². The van der Waals surface area contributed by atoms with Gasteiger partial charge in [0.05, 0.1) is 10.6 Å². The molecule has 2 rings (SSSR count). The summed E-state index contributed by atoms with van der Waals surface area (Å²) in [6.07, 6.45) is 1.76. The lowest BCUT2D eigenvalue weighted by Gasteiger charge is -2.07. The van der Waals surface area contributed by atoms with E-state index >= 15 is 0 Å². The second-order valence-electron chi connectivity index (χ2n) is 4.62. The van der Waals surface area contributed by atoms with Gasteiger partial charge in [0.2, 0.25) is 0 Å². The zero-order chi connectivity index (χ0) is 14.6. The van der Waals surface area contributed by atoms with Crippen LogP contribution in [-0.2, 0) is 16.4 Å². The predicted octanol–water partition coefficient (Wildman–Crippen LogP) is 2.80. The highest BCUT2D eigenvalue weighted by atomic mass is 32.2. The largest absolute Gasteiger partial charge is 0.366 e. The van der Waals surface area contributed by atoms with E-state index in [2.05, 4.69) is 10.3 Å². The Morgan fingerprint density at radius 1 is 1.15 bits per heavy atom. The molecule has 106 valence electrons. The Balaban J connectivity index is 2.05. The van der Waals surface area contributed by atoms with Crippen LogP contribution in [0.2, 0.25) is 0 Å². The quantitative estimate of drug-likeness (QED) is 0.920. The van der Waals surface area contributed by atoms with Crippen molar-refractivity contribution in [2.45, 2.75) is 25.3 Å². The van der Waals surface area contributed by atoms with Gasteiger partial charge in [-0.05, 0) is 42.3 Å². The van der Waals surface area contributed by atoms with Crippen molar-refractivity contribution in [3.63, 3.8) is 0 Å². The lowest BCUT2D eigenvalue weighted by Crippen LogP contribution is -2.05. The zero-order valence-corrected chi connectivity index (χ0v) is 12.4. The molecule has 5 heteroatoms. The van der Waals surface area contributed by atoms with Gasteiger partial charge in [0.25, 0.3) is 0 Å². The summed E-state index contributed by atoms with van der Waals surface area (Å²) < 4.78 is 23.4. The van der Waals surface area contributed by atoms with E-state index in [-0.39, 0.29) is 5.75 Å². The van der Waals surface area contributed by atoms with Gasteiger partial charge in [-0.1, -0.05) is 19.1 Å². The van der Waals surface area contributed by atoms with Crippen LogP contribution in [0.15, 0.2) is 47.5 Å². The summed E-state index contributed by atoms with van der Waals surface area (Å²) in [5.74, 6) is 0.938. The van der Waals surface area contributed by atoms with Gasteiger partial charge >= 0.3 is 0 Å². The molecule has 0 atom stereocenters. The number of hydrogen-bond acceptors (Lipinski definition) is 4. The van der Waals surface area contributed by atoms with Gasteiger partial charge in [0.1, 0.15) is 5.82 Å². The van der Waals surface area contributed by atoms with Crippen molar-refractivity contribution in [2.24, 2.45) is 0 Å². The first-order valence-electron chi connectivity index (χ1n) is 6.49. The standard InChI is InChI=1S/C15H18N2O2S/c1-3-20(18,19)14-6-4-13(5-7-14)11-17-15-10-12(2)8-9-16-15/h4-10H,3,11H2,1-2H3,(H,16,17). The van der Waals surface area contributed by atoms with Gasteiger partial charge in [-0.3, -0.25) is 0 Å². The maximum absolute atomic E-state index is 11.7. The molecule has 0 saturated carbocycles. The van der Waals surface area contributed by atoms with E-state index in [9.17, 15) is 8.42 Å². The predicted molar refractivity (Wildman–Crippen MR) is 80.5 cm³/mol. The first-order valence-corrected chi connectivity index (χ1v) is 8.15. The van der Waals surface area contributed by atoms with Crippen LogP contribution >= 0.6 is 0 Å². The van der Waals surface area contributed by atoms with Gasteiger partial charge in [0.15, 0.2) is 9.84 Å². The normalized spacial score (nSPS) is 11.3. The summed E-state index contributed by atoms with van der Waals surface area (Å²) in [7, 11) is -3.12. The number of aryl methyl sites for hydroxylation is 1. The van der Waals surface area contributed by atoms with E-state index < -0.39 is 9.84 Å². The summed E-state index contributed by atoms with van der Waals surface area (Å²) in [6.45, 7) is 4.27. The number of nitrogens with zero attached hydrogens (tertiary/aromatic N) is 1. The lowest BCUT2D eigenvalue weighted by atomic mass is 10.2. The Bertz CT molecular complexity index is 679. The van der Waals surface area contributed by atoms with Crippen LogP contribution < -0.4 is 5.32 Å². The minimum atomic E-state index is -3.12. The minimum Gasteiger partial charge on any atom is -0.366 e. The number of hydrogen-bond donors (Lipinski definition) is 1. The first-order chi connectivity index (χ1) is 9.51. The Kier molecular flexibility index (Phi) is 4.39. The third kappa shape index (κ3) is 3.57. The third-order valence-electron chi connectivity index (χ3n) is 3.05. The lowest BCUT2D eigenvalue weighted by molar-refractivity contribution is 0.597. The second kappa shape index (κ2) is 6.05. The van der Waals surface area contributed by atoms with E-state index in [0.29, 0.717) is 11.4 Å². The fourth-order valence-corrected chi connectivity index (χ4v) is 2.69. The number of aromatic nitrogens is 1. The van der Waals surface area contributed by atoms with E-state index in [1.165, 1.54) is 0 Å². The molecule has 0 amide bonds. The molecule has 1 aromatic heterocycles. The number of anilines is 1. The number of pyridine rings is 1. The fourth-order valence-electron chi connectivity index (χ4n) is 1.81. The van der Waals surface area contributed by atoms with Crippen molar-refractivity contribution in [1.29, 1.82) is 0 Å². The van der Waals surface area contributed by atoms with Crippen LogP contribution in [0.3, 0.4) is 0 Å². The van der Waals surface area contributed by atoms with Crippen LogP contribution in [-0.4, -0.2) is 19.2 Å². The monoisotopic (exact) mass is 290 g/mol. The number of rotatable bonds is 5. The van der Waals surface area contributed by atoms with Crippen molar-refractivity contribution in [1.82, 2.24) is 4.98 Å². The molecule has 0 aliphatic heterocycles. The average Bonchev–Trinajstić information content (AvgIpc) is 2.46. The third-order valence-corrected chi connectivity index (χ3v) is 4.80. The highest BCUT2D eigenvalue weighted by Crippen LogP contribution is 2.13. The first kappa shape index (κ1) is 14.5. The van der Waals surface area contributed by atoms with Crippen molar-refractivity contribution in [3.05, 3.63) is 53.7 Å². The SMILES string of the molecule is CCS(=O)(=O)c1ccc(CNc2cc(C)ccn2)cc1. The molecular weight excluding hydrogens is 272 g/mol. The topological polar surface area (TPSA) is 59.1 Å². The van der Waals surface area contributed by atoms with Gasteiger partial charge in [0, 0.05) is 12.7 Å². The summed E-state index contributed by atoms with van der Waals surface area (Å²) in [5, 5.41) is 3.21. The molecule has 2 aromatic rings. The molecule has 0 saturated heterocycles. The van der Waals surface area contributed by atoms with Crippen molar-refractivity contribution < 1.29 is 8.42 Å². The van der Waals surface area contributed by atoms with E-state index in [0.717, 1.165) is 16.9 Å². The number of nitrogens with one attached hydrogen (secondary N) is 1. The van der Waals surface area contributed by atoms with Gasteiger partial charge in [-0.2, -0.15) is 0 Å². The number of benzene rings is 1. The van der Waals surface area contributed by atoms with E-state index in [1.54, 1.807) is 25.3 Å². The Labute approximate surface area is 119 Å². The molecule has 0 radical (unpaired) electrons. The van der Waals surface area contributed by atoms with Crippen LogP contribution in [0.4, 0.5) is 5.82 Å². The molecule has 0 aliphatic carbocycles. The molecule has 0 aliphatic rings. The molecule has 1 N–H and O–H groups in total. The van der Waals surface area contributed by atoms with Gasteiger partial charge in [-0.25, -0.2) is 13.4 Å². The maximum atomic E-state index is 11.7. The van der Waals surface area contributed by atoms with Crippen molar-refractivity contribution >= 4 is 15.7 Å². The van der Waals surface area contributed by atoms with Crippen LogP contribution in [0.25, 0.3) is 0 Å². The molecular formula is C15H18N2O2S. The van der Waals surface area contributed by atoms with Crippen LogP contribution in [0, 0.1) is 6.92 Å². The summed E-state index contributed by atoms with van der Waals surface area (Å²) >= 11 is 0. The molecule has 20 heavy (non-hydrogen) atoms. The Morgan fingerprint density at radius 3 is 2.45 bits per heavy atom. The van der Waals surface area contributed by atoms with Gasteiger partial charge in [-0.15, -0.1) is 0 Å². The maximum Gasteiger partial charge on any atom is 0.178 e. The molecule has 1 aromatic carbocycles. The average molecular weight is 290 g/mol. The second-order valence-corrected chi connectivity index (χ2v) is 6.90. The highest BCUT2D eigenvalue weighted by molar-refractivity contribution is 7.91. The number of sulfone groups is 1. The summed E-state index contributed by atoms with van der Waals surface area (Å²) in [6, 6.07) is 10.9. The Morgan fingerprint density at radius 2 is 1.85 bits per heavy atom.